The van der Waals surface area contributed by atoms with Gasteiger partial charge in [-0.25, -0.2) is 0 Å². The molecule has 1 saturated heterocycles. The lowest BCUT2D eigenvalue weighted by Gasteiger charge is -2.21. The van der Waals surface area contributed by atoms with Gasteiger partial charge in [0.05, 0.1) is 4.90 Å². The van der Waals surface area contributed by atoms with Gasteiger partial charge >= 0.3 is 5.97 Å². The van der Waals surface area contributed by atoms with Crippen molar-refractivity contribution in [3.63, 3.8) is 0 Å². The molecule has 1 fully saturated rings. The summed E-state index contributed by atoms with van der Waals surface area (Å²) in [5, 5.41) is 3.18. The number of esters is 1. The fourth-order valence-corrected chi connectivity index (χ4v) is 3.07. The van der Waals surface area contributed by atoms with Gasteiger partial charge in [-0.15, -0.1) is 0 Å². The fraction of sp³-hybridized carbons (Fsp3) is 0.350. The SMILES string of the molecule is Cc1ccc(S(=O)(=O)O)cc1.O=C(OCc1ccccc1)C1CCCCN1. The minimum atomic E-state index is -4.02. The van der Waals surface area contributed by atoms with Gasteiger partial charge in [-0.05, 0) is 44.0 Å². The van der Waals surface area contributed by atoms with E-state index in [1.807, 2.05) is 37.3 Å². The van der Waals surface area contributed by atoms with Crippen LogP contribution in [-0.4, -0.2) is 31.5 Å². The molecular formula is C20H25NO5S. The number of ether oxygens (including phenoxy) is 1. The Bertz CT molecular complexity index is 813. The molecule has 0 aromatic heterocycles. The largest absolute Gasteiger partial charge is 0.460 e. The molecule has 1 aliphatic heterocycles. The zero-order valence-electron chi connectivity index (χ0n) is 15.3. The van der Waals surface area contributed by atoms with Gasteiger partial charge in [0.1, 0.15) is 12.6 Å². The molecule has 2 N–H and O–H groups in total. The first kappa shape index (κ1) is 21.1. The van der Waals surface area contributed by atoms with Gasteiger partial charge in [0.2, 0.25) is 0 Å². The highest BCUT2D eigenvalue weighted by Gasteiger charge is 2.21. The number of aryl methyl sites for hydroxylation is 1. The molecule has 1 atom stereocenters. The first-order valence-electron chi connectivity index (χ1n) is 8.84. The van der Waals surface area contributed by atoms with E-state index in [2.05, 4.69) is 5.32 Å². The maximum atomic E-state index is 11.7. The van der Waals surface area contributed by atoms with Crippen LogP contribution in [0.4, 0.5) is 0 Å². The zero-order chi connectivity index (χ0) is 19.7. The van der Waals surface area contributed by atoms with Crippen LogP contribution in [0.2, 0.25) is 0 Å². The summed E-state index contributed by atoms with van der Waals surface area (Å²) in [6.07, 6.45) is 3.16. The molecule has 0 amide bonds. The highest BCUT2D eigenvalue weighted by atomic mass is 32.2. The van der Waals surface area contributed by atoms with Gasteiger partial charge in [-0.2, -0.15) is 8.42 Å². The van der Waals surface area contributed by atoms with Gasteiger partial charge in [0.15, 0.2) is 0 Å². The van der Waals surface area contributed by atoms with Gasteiger partial charge in [0, 0.05) is 0 Å². The maximum Gasteiger partial charge on any atom is 0.323 e. The zero-order valence-corrected chi connectivity index (χ0v) is 16.1. The van der Waals surface area contributed by atoms with Crippen LogP contribution in [0, 0.1) is 6.92 Å². The van der Waals surface area contributed by atoms with Crippen molar-refractivity contribution < 1.29 is 22.5 Å². The topological polar surface area (TPSA) is 92.7 Å². The summed E-state index contributed by atoms with van der Waals surface area (Å²) >= 11 is 0. The van der Waals surface area contributed by atoms with Crippen molar-refractivity contribution in [1.82, 2.24) is 5.32 Å². The van der Waals surface area contributed by atoms with Crippen LogP contribution < -0.4 is 5.32 Å². The van der Waals surface area contributed by atoms with E-state index in [0.29, 0.717) is 6.61 Å². The lowest BCUT2D eigenvalue weighted by atomic mass is 10.1. The quantitative estimate of drug-likeness (QED) is 0.614. The fourth-order valence-electron chi connectivity index (χ4n) is 2.59. The van der Waals surface area contributed by atoms with Crippen LogP contribution in [-0.2, 0) is 26.3 Å². The Labute approximate surface area is 160 Å². The second-order valence-electron chi connectivity index (χ2n) is 6.38. The number of benzene rings is 2. The standard InChI is InChI=1S/C13H17NO2.C7H8O3S/c15-13(12-8-4-5-9-14-12)16-10-11-6-2-1-3-7-11;1-6-2-4-7(5-3-6)11(8,9)10/h1-3,6-7,12,14H,4-5,8-10H2;2-5H,1H3,(H,8,9,10). The number of rotatable bonds is 4. The molecule has 27 heavy (non-hydrogen) atoms. The number of carbonyl (C=O) groups excluding carboxylic acids is 1. The molecule has 1 aliphatic rings. The maximum absolute atomic E-state index is 11.7. The number of carbonyl (C=O) groups is 1. The molecule has 1 heterocycles. The van der Waals surface area contributed by atoms with Crippen molar-refractivity contribution in [2.24, 2.45) is 0 Å². The van der Waals surface area contributed by atoms with Gasteiger partial charge in [-0.3, -0.25) is 9.35 Å². The van der Waals surface area contributed by atoms with Gasteiger partial charge < -0.3 is 10.1 Å². The summed E-state index contributed by atoms with van der Waals surface area (Å²) < 4.78 is 34.8. The number of piperidine rings is 1. The Morgan fingerprint density at radius 3 is 2.33 bits per heavy atom. The summed E-state index contributed by atoms with van der Waals surface area (Å²) in [5.74, 6) is -0.122. The molecule has 146 valence electrons. The Balaban J connectivity index is 0.000000208. The normalized spacial score (nSPS) is 16.7. The van der Waals surface area contributed by atoms with Crippen LogP contribution >= 0.6 is 0 Å². The molecule has 0 saturated carbocycles. The summed E-state index contributed by atoms with van der Waals surface area (Å²) in [6.45, 7) is 3.14. The molecular weight excluding hydrogens is 366 g/mol. The molecule has 1 unspecified atom stereocenters. The molecule has 3 rings (SSSR count). The van der Waals surface area contributed by atoms with Crippen LogP contribution in [0.5, 0.6) is 0 Å². The Kier molecular flexibility index (Phi) is 7.97. The summed E-state index contributed by atoms with van der Waals surface area (Å²) in [6, 6.07) is 15.7. The van der Waals surface area contributed by atoms with Crippen LogP contribution in [0.15, 0.2) is 59.5 Å². The molecule has 0 aliphatic carbocycles. The van der Waals surface area contributed by atoms with E-state index in [1.165, 1.54) is 12.1 Å². The third kappa shape index (κ3) is 7.50. The summed E-state index contributed by atoms with van der Waals surface area (Å²) in [5.41, 5.74) is 1.99. The van der Waals surface area contributed by atoms with E-state index in [-0.39, 0.29) is 16.9 Å². The molecule has 0 bridgehead atoms. The van der Waals surface area contributed by atoms with Crippen molar-refractivity contribution in [2.45, 2.75) is 43.7 Å². The number of hydrogen-bond acceptors (Lipinski definition) is 5. The van der Waals surface area contributed by atoms with Gasteiger partial charge in [0.25, 0.3) is 10.1 Å². The number of nitrogens with one attached hydrogen (secondary N) is 1. The van der Waals surface area contributed by atoms with E-state index in [0.717, 1.165) is 36.9 Å². The monoisotopic (exact) mass is 391 g/mol. The van der Waals surface area contributed by atoms with Crippen molar-refractivity contribution in [2.75, 3.05) is 6.54 Å². The molecule has 0 radical (unpaired) electrons. The average molecular weight is 391 g/mol. The molecule has 7 heteroatoms. The van der Waals surface area contributed by atoms with E-state index >= 15 is 0 Å². The second kappa shape index (κ2) is 10.2. The van der Waals surface area contributed by atoms with Crippen LogP contribution in [0.3, 0.4) is 0 Å². The van der Waals surface area contributed by atoms with E-state index in [4.69, 9.17) is 9.29 Å². The number of hydrogen-bond donors (Lipinski definition) is 2. The lowest BCUT2D eigenvalue weighted by molar-refractivity contribution is -0.148. The van der Waals surface area contributed by atoms with Crippen LogP contribution in [0.25, 0.3) is 0 Å². The third-order valence-electron chi connectivity index (χ3n) is 4.14. The first-order valence-corrected chi connectivity index (χ1v) is 10.3. The first-order chi connectivity index (χ1) is 12.9. The Hall–Kier alpha value is -2.22. The Morgan fingerprint density at radius 1 is 1.11 bits per heavy atom. The van der Waals surface area contributed by atoms with Crippen molar-refractivity contribution >= 4 is 16.1 Å². The minimum absolute atomic E-state index is 0.0666. The summed E-state index contributed by atoms with van der Waals surface area (Å²) in [7, 11) is -4.02. The molecule has 6 nitrogen and oxygen atoms in total. The van der Waals surface area contributed by atoms with Crippen molar-refractivity contribution in [1.29, 1.82) is 0 Å². The molecule has 0 spiro atoms. The smallest absolute Gasteiger partial charge is 0.323 e. The van der Waals surface area contributed by atoms with Gasteiger partial charge in [-0.1, -0.05) is 54.4 Å². The Morgan fingerprint density at radius 2 is 1.78 bits per heavy atom. The molecule has 2 aromatic carbocycles. The highest BCUT2D eigenvalue weighted by molar-refractivity contribution is 7.85. The van der Waals surface area contributed by atoms with E-state index < -0.39 is 10.1 Å². The predicted molar refractivity (Wildman–Crippen MR) is 103 cm³/mol. The van der Waals surface area contributed by atoms with E-state index in [1.54, 1.807) is 12.1 Å². The summed E-state index contributed by atoms with van der Waals surface area (Å²) in [4.78, 5) is 11.6. The van der Waals surface area contributed by atoms with Crippen molar-refractivity contribution in [3.05, 3.63) is 65.7 Å². The lowest BCUT2D eigenvalue weighted by Crippen LogP contribution is -2.41. The predicted octanol–water partition coefficient (Wildman–Crippen LogP) is 3.11. The highest BCUT2D eigenvalue weighted by Crippen LogP contribution is 2.10. The average Bonchev–Trinajstić information content (AvgIpc) is 2.68. The third-order valence-corrected chi connectivity index (χ3v) is 5.01. The second-order valence-corrected chi connectivity index (χ2v) is 7.81. The molecule has 2 aromatic rings. The minimum Gasteiger partial charge on any atom is -0.460 e. The van der Waals surface area contributed by atoms with Crippen molar-refractivity contribution in [3.8, 4) is 0 Å². The van der Waals surface area contributed by atoms with E-state index in [9.17, 15) is 13.2 Å². The van der Waals surface area contributed by atoms with Crippen LogP contribution in [0.1, 0.15) is 30.4 Å².